The summed E-state index contributed by atoms with van der Waals surface area (Å²) in [5.74, 6) is -5.21. The van der Waals surface area contributed by atoms with E-state index in [9.17, 15) is 36.9 Å². The van der Waals surface area contributed by atoms with Gasteiger partial charge in [-0.2, -0.15) is 13.2 Å². The maximum Gasteiger partial charge on any atom is 0.400 e. The van der Waals surface area contributed by atoms with Gasteiger partial charge in [-0.25, -0.2) is 4.79 Å². The van der Waals surface area contributed by atoms with E-state index in [2.05, 4.69) is 5.32 Å². The van der Waals surface area contributed by atoms with Gasteiger partial charge < -0.3 is 15.2 Å². The summed E-state index contributed by atoms with van der Waals surface area (Å²) in [5.41, 5.74) is 0.192. The van der Waals surface area contributed by atoms with Gasteiger partial charge in [-0.1, -0.05) is 0 Å². The van der Waals surface area contributed by atoms with Crippen LogP contribution in [0.4, 0.5) is 13.2 Å². The second-order valence-corrected chi connectivity index (χ2v) is 8.05. The van der Waals surface area contributed by atoms with Crippen molar-refractivity contribution in [3.8, 4) is 0 Å². The first-order valence-corrected chi connectivity index (χ1v) is 9.69. The van der Waals surface area contributed by atoms with Gasteiger partial charge >= 0.3 is 12.1 Å². The van der Waals surface area contributed by atoms with Crippen LogP contribution in [0.3, 0.4) is 0 Å². The summed E-state index contributed by atoms with van der Waals surface area (Å²) in [7, 11) is -1.07. The van der Waals surface area contributed by atoms with Gasteiger partial charge in [0.2, 0.25) is 5.91 Å². The minimum absolute atomic E-state index is 0.0264. The van der Waals surface area contributed by atoms with E-state index in [0.717, 1.165) is 4.90 Å². The van der Waals surface area contributed by atoms with Crippen molar-refractivity contribution in [1.29, 1.82) is 0 Å². The van der Waals surface area contributed by atoms with E-state index in [1.807, 2.05) is 0 Å². The van der Waals surface area contributed by atoms with E-state index in [1.165, 1.54) is 18.9 Å². The fraction of sp³-hybridized carbons (Fsp3) is 0.615. The highest BCUT2D eigenvalue weighted by molar-refractivity contribution is 8.00. The predicted molar refractivity (Wildman–Crippen MR) is 85.5 cm³/mol. The number of nitrogens with zero attached hydrogens (tertiary/aromatic N) is 1. The summed E-state index contributed by atoms with van der Waals surface area (Å²) >= 11 is 1.20. The van der Waals surface area contributed by atoms with Crippen molar-refractivity contribution in [3.63, 3.8) is 0 Å². The van der Waals surface area contributed by atoms with Crippen molar-refractivity contribution in [3.05, 3.63) is 11.3 Å². The Morgan fingerprint density at radius 2 is 2.12 bits per heavy atom. The third-order valence-corrected chi connectivity index (χ3v) is 6.07. The lowest BCUT2D eigenvalue weighted by Gasteiger charge is -2.49. The summed E-state index contributed by atoms with van der Waals surface area (Å²) in [5, 5.41) is 10.9. The molecule has 0 spiro atoms. The van der Waals surface area contributed by atoms with Gasteiger partial charge in [0.1, 0.15) is 28.6 Å². The second-order valence-electron chi connectivity index (χ2n) is 5.49. The largest absolute Gasteiger partial charge is 0.477 e. The number of fused-ring (bicyclic) bond motifs is 1. The maximum atomic E-state index is 12.2. The number of nitrogens with one attached hydrogen (secondary N) is 1. The van der Waals surface area contributed by atoms with E-state index in [0.29, 0.717) is 5.57 Å². The number of carboxylic acid groups (broad SMARTS) is 1. The number of rotatable bonds is 7. The third-order valence-electron chi connectivity index (χ3n) is 3.50. The standard InChI is InChI=1S/C13H15F3N2O6S2/c1-24-2-6-3-25-11-8(10(20)18(11)9(6)12(21)22)17-7(19)4-26(23)5-13(14,15)16/h8,11H,2-5H2,1H3,(H,17,19)(H,21,22)/t8?,11-,26?/m1/s1. The van der Waals surface area contributed by atoms with Crippen molar-refractivity contribution < 1.29 is 41.6 Å². The first kappa shape index (κ1) is 20.7. The summed E-state index contributed by atoms with van der Waals surface area (Å²) in [6.45, 7) is 0.0264. The number of hydrogen-bond acceptors (Lipinski definition) is 6. The van der Waals surface area contributed by atoms with Gasteiger partial charge in [-0.15, -0.1) is 11.8 Å². The third kappa shape index (κ3) is 4.57. The zero-order valence-electron chi connectivity index (χ0n) is 13.4. The molecular formula is C13H15F3N2O6S2. The average molecular weight is 416 g/mol. The molecule has 2 heterocycles. The smallest absolute Gasteiger partial charge is 0.400 e. The number of amides is 2. The first-order chi connectivity index (χ1) is 12.0. The fourth-order valence-corrected chi connectivity index (χ4v) is 4.73. The number of β-lactam (4-membered cyclic amide) rings is 1. The maximum absolute atomic E-state index is 12.2. The van der Waals surface area contributed by atoms with Gasteiger partial charge in [0.15, 0.2) is 0 Å². The Labute approximate surface area is 152 Å². The molecule has 0 aliphatic carbocycles. The van der Waals surface area contributed by atoms with Gasteiger partial charge in [0.25, 0.3) is 5.91 Å². The number of methoxy groups -OCH3 is 1. The molecule has 146 valence electrons. The summed E-state index contributed by atoms with van der Waals surface area (Å²) < 4.78 is 52.6. The van der Waals surface area contributed by atoms with Crippen LogP contribution in [0.25, 0.3) is 0 Å². The molecule has 0 aromatic heterocycles. The molecule has 2 aliphatic rings. The van der Waals surface area contributed by atoms with Crippen LogP contribution in [0.2, 0.25) is 0 Å². The number of carbonyl (C=O) groups is 3. The Morgan fingerprint density at radius 1 is 1.46 bits per heavy atom. The van der Waals surface area contributed by atoms with E-state index >= 15 is 0 Å². The van der Waals surface area contributed by atoms with Crippen LogP contribution in [0.1, 0.15) is 0 Å². The SMILES string of the molecule is COCC1=C(C(=O)O)N2C(=O)C(NC(=O)CS(=O)CC(F)(F)F)[C@H]2SC1. The molecule has 13 heteroatoms. The normalized spacial score (nSPS) is 24.0. The van der Waals surface area contributed by atoms with E-state index in [-0.39, 0.29) is 18.1 Å². The van der Waals surface area contributed by atoms with Gasteiger partial charge in [-0.3, -0.25) is 18.7 Å². The minimum Gasteiger partial charge on any atom is -0.477 e. The fourth-order valence-electron chi connectivity index (χ4n) is 2.56. The Hall–Kier alpha value is -1.60. The van der Waals surface area contributed by atoms with Crippen LogP contribution in [-0.2, 0) is 29.9 Å². The number of ether oxygens (including phenoxy) is 1. The highest BCUT2D eigenvalue weighted by atomic mass is 32.2. The quantitative estimate of drug-likeness (QED) is 0.547. The number of aliphatic carboxylic acids is 1. The molecule has 0 saturated carbocycles. The van der Waals surface area contributed by atoms with Crippen molar-refractivity contribution in [2.24, 2.45) is 0 Å². The van der Waals surface area contributed by atoms with Crippen LogP contribution in [0.15, 0.2) is 11.3 Å². The molecule has 8 nitrogen and oxygen atoms in total. The molecule has 0 radical (unpaired) electrons. The Morgan fingerprint density at radius 3 is 2.65 bits per heavy atom. The van der Waals surface area contributed by atoms with Crippen LogP contribution < -0.4 is 5.32 Å². The topological polar surface area (TPSA) is 113 Å². The molecule has 0 aromatic carbocycles. The number of alkyl halides is 3. The zero-order valence-corrected chi connectivity index (χ0v) is 15.0. The lowest BCUT2D eigenvalue weighted by molar-refractivity contribution is -0.150. The Balaban J connectivity index is 2.01. The molecule has 2 amide bonds. The van der Waals surface area contributed by atoms with Gasteiger partial charge in [-0.05, 0) is 5.57 Å². The van der Waals surface area contributed by atoms with Crippen LogP contribution >= 0.6 is 11.8 Å². The zero-order chi connectivity index (χ0) is 19.6. The molecule has 2 N–H and O–H groups in total. The molecule has 2 unspecified atom stereocenters. The van der Waals surface area contributed by atoms with Gasteiger partial charge in [0, 0.05) is 23.7 Å². The number of halogens is 3. The number of hydrogen-bond donors (Lipinski definition) is 2. The van der Waals surface area contributed by atoms with Crippen LogP contribution in [-0.4, -0.2) is 80.6 Å². The van der Waals surface area contributed by atoms with E-state index in [1.54, 1.807) is 0 Å². The monoisotopic (exact) mass is 416 g/mol. The summed E-state index contributed by atoms with van der Waals surface area (Å²) in [6.07, 6.45) is -4.66. The lowest BCUT2D eigenvalue weighted by atomic mass is 10.0. The predicted octanol–water partition coefficient (Wildman–Crippen LogP) is -0.318. The van der Waals surface area contributed by atoms with Gasteiger partial charge in [0.05, 0.1) is 6.61 Å². The highest BCUT2D eigenvalue weighted by Gasteiger charge is 2.54. The molecule has 0 aromatic rings. The molecule has 1 fully saturated rings. The second kappa shape index (κ2) is 7.96. The summed E-state index contributed by atoms with van der Waals surface area (Å²) in [6, 6.07) is -1.08. The Bertz CT molecular complexity index is 681. The van der Waals surface area contributed by atoms with E-state index in [4.69, 9.17) is 4.74 Å². The average Bonchev–Trinajstić information content (AvgIpc) is 2.50. The molecular weight excluding hydrogens is 401 g/mol. The van der Waals surface area contributed by atoms with E-state index < -0.39 is 57.7 Å². The number of thioether (sulfide) groups is 1. The molecule has 2 rings (SSSR count). The highest BCUT2D eigenvalue weighted by Crippen LogP contribution is 2.40. The van der Waals surface area contributed by atoms with Crippen LogP contribution in [0, 0.1) is 0 Å². The molecule has 3 atom stereocenters. The lowest BCUT2D eigenvalue weighted by Crippen LogP contribution is -2.71. The Kier molecular flexibility index (Phi) is 6.34. The number of carboxylic acids is 1. The van der Waals surface area contributed by atoms with Crippen molar-refractivity contribution in [2.45, 2.75) is 17.6 Å². The van der Waals surface area contributed by atoms with Crippen molar-refractivity contribution in [2.75, 3.05) is 31.0 Å². The van der Waals surface area contributed by atoms with Crippen molar-refractivity contribution >= 4 is 40.3 Å². The number of carbonyl (C=O) groups excluding carboxylic acids is 2. The molecule has 0 bridgehead atoms. The molecule has 26 heavy (non-hydrogen) atoms. The molecule has 1 saturated heterocycles. The summed E-state index contributed by atoms with van der Waals surface area (Å²) in [4.78, 5) is 36.4. The minimum atomic E-state index is -4.66. The van der Waals surface area contributed by atoms with Crippen molar-refractivity contribution in [1.82, 2.24) is 10.2 Å². The van der Waals surface area contributed by atoms with Crippen LogP contribution in [0.5, 0.6) is 0 Å². The first-order valence-electron chi connectivity index (χ1n) is 7.15. The molecule has 2 aliphatic heterocycles.